The molecule has 1 unspecified atom stereocenters. The third kappa shape index (κ3) is 6.85. The molecule has 9 heteroatoms. The van der Waals surface area contributed by atoms with Crippen molar-refractivity contribution in [1.82, 2.24) is 4.31 Å². The zero-order valence-corrected chi connectivity index (χ0v) is 19.4. The fourth-order valence-corrected chi connectivity index (χ4v) is 5.13. The van der Waals surface area contributed by atoms with Gasteiger partial charge in [0.15, 0.2) is 6.10 Å². The maximum absolute atomic E-state index is 13.6. The van der Waals surface area contributed by atoms with Crippen molar-refractivity contribution in [3.8, 4) is 0 Å². The lowest BCUT2D eigenvalue weighted by Gasteiger charge is -2.20. The van der Waals surface area contributed by atoms with Crippen LogP contribution in [0.15, 0.2) is 53.4 Å². The number of carbonyl (C=O) groups excluding carboxylic acids is 2. The standard InChI is InChI=1S/C24H29FN2O5S/c1-18(24(29)26-22-9-5-4-8-21(22)25)32-23(28)15-12-19-10-13-20(14-11-19)33(30,31)27-16-6-2-3-7-17-27/h4-5,8-11,13-14,18H,2-3,6-7,12,15-17H2,1H3,(H,26,29). The Balaban J connectivity index is 1.50. The van der Waals surface area contributed by atoms with Crippen LogP contribution in [0.25, 0.3) is 0 Å². The number of hydrogen-bond donors (Lipinski definition) is 1. The molecular weight excluding hydrogens is 447 g/mol. The number of benzene rings is 2. The van der Waals surface area contributed by atoms with Gasteiger partial charge in [-0.25, -0.2) is 12.8 Å². The summed E-state index contributed by atoms with van der Waals surface area (Å²) in [4.78, 5) is 24.5. The topological polar surface area (TPSA) is 92.8 Å². The van der Waals surface area contributed by atoms with Crippen LogP contribution in [0.2, 0.25) is 0 Å². The van der Waals surface area contributed by atoms with E-state index in [1.807, 2.05) is 0 Å². The summed E-state index contributed by atoms with van der Waals surface area (Å²) in [7, 11) is -3.52. The van der Waals surface area contributed by atoms with Crippen LogP contribution in [0, 0.1) is 5.82 Å². The van der Waals surface area contributed by atoms with Gasteiger partial charge in [0.25, 0.3) is 5.91 Å². The number of para-hydroxylation sites is 1. The van der Waals surface area contributed by atoms with Gasteiger partial charge >= 0.3 is 5.97 Å². The second-order valence-corrected chi connectivity index (χ2v) is 10.0. The van der Waals surface area contributed by atoms with Crippen LogP contribution >= 0.6 is 0 Å². The molecule has 0 aromatic heterocycles. The molecule has 2 aromatic rings. The van der Waals surface area contributed by atoms with Gasteiger partial charge < -0.3 is 10.1 Å². The lowest BCUT2D eigenvalue weighted by atomic mass is 10.1. The molecule has 3 rings (SSSR count). The SMILES string of the molecule is CC(OC(=O)CCc1ccc(S(=O)(=O)N2CCCCCC2)cc1)C(=O)Nc1ccccc1F. The Hall–Kier alpha value is -2.78. The second-order valence-electron chi connectivity index (χ2n) is 8.06. The predicted molar refractivity (Wildman–Crippen MR) is 123 cm³/mol. The van der Waals surface area contributed by atoms with E-state index in [0.717, 1.165) is 31.2 Å². The third-order valence-electron chi connectivity index (χ3n) is 5.55. The van der Waals surface area contributed by atoms with Gasteiger partial charge in [0.05, 0.1) is 10.6 Å². The Kier molecular flexibility index (Phi) is 8.57. The largest absolute Gasteiger partial charge is 0.453 e. The molecule has 0 aliphatic carbocycles. The van der Waals surface area contributed by atoms with Crippen molar-refractivity contribution in [2.45, 2.75) is 56.4 Å². The molecule has 0 radical (unpaired) electrons. The molecule has 1 N–H and O–H groups in total. The van der Waals surface area contributed by atoms with E-state index in [1.165, 1.54) is 25.1 Å². The highest BCUT2D eigenvalue weighted by Crippen LogP contribution is 2.21. The number of aryl methyl sites for hydroxylation is 1. The van der Waals surface area contributed by atoms with Crippen LogP contribution in [0.5, 0.6) is 0 Å². The number of anilines is 1. The molecule has 1 amide bonds. The summed E-state index contributed by atoms with van der Waals surface area (Å²) < 4.78 is 46.0. The van der Waals surface area contributed by atoms with E-state index in [1.54, 1.807) is 34.6 Å². The lowest BCUT2D eigenvalue weighted by Crippen LogP contribution is -2.31. The van der Waals surface area contributed by atoms with Gasteiger partial charge in [-0.1, -0.05) is 37.1 Å². The van der Waals surface area contributed by atoms with Gasteiger partial charge in [-0.05, 0) is 56.0 Å². The first-order chi connectivity index (χ1) is 15.8. The maximum atomic E-state index is 13.6. The number of carbonyl (C=O) groups is 2. The van der Waals surface area contributed by atoms with Crippen molar-refractivity contribution < 1.29 is 27.1 Å². The van der Waals surface area contributed by atoms with E-state index < -0.39 is 33.8 Å². The molecule has 0 bridgehead atoms. The normalized spacial score (nSPS) is 15.9. The Bertz CT molecular complexity index is 1060. The zero-order valence-electron chi connectivity index (χ0n) is 18.6. The average Bonchev–Trinajstić information content (AvgIpc) is 3.10. The van der Waals surface area contributed by atoms with E-state index in [0.29, 0.717) is 19.5 Å². The molecule has 1 fully saturated rings. The number of sulfonamides is 1. The molecule has 2 aromatic carbocycles. The summed E-state index contributed by atoms with van der Waals surface area (Å²) in [5.74, 6) is -1.78. The van der Waals surface area contributed by atoms with Gasteiger partial charge in [-0.15, -0.1) is 0 Å². The number of ether oxygens (including phenoxy) is 1. The van der Waals surface area contributed by atoms with Gasteiger partial charge in [-0.2, -0.15) is 4.31 Å². The number of rotatable bonds is 8. The predicted octanol–water partition coefficient (Wildman–Crippen LogP) is 3.89. The third-order valence-corrected chi connectivity index (χ3v) is 7.47. The minimum absolute atomic E-state index is 0.0145. The number of amides is 1. The number of nitrogens with zero attached hydrogens (tertiary/aromatic N) is 1. The van der Waals surface area contributed by atoms with Crippen molar-refractivity contribution >= 4 is 27.6 Å². The van der Waals surface area contributed by atoms with Crippen LogP contribution in [-0.4, -0.2) is 43.8 Å². The van der Waals surface area contributed by atoms with Gasteiger partial charge in [0, 0.05) is 19.5 Å². The molecule has 0 saturated carbocycles. The quantitative estimate of drug-likeness (QED) is 0.584. The highest BCUT2D eigenvalue weighted by Gasteiger charge is 2.25. The summed E-state index contributed by atoms with van der Waals surface area (Å²) in [6.45, 7) is 2.49. The van der Waals surface area contributed by atoms with Crippen molar-refractivity contribution in [3.63, 3.8) is 0 Å². The summed E-state index contributed by atoms with van der Waals surface area (Å²) in [5.41, 5.74) is 0.797. The molecule has 0 spiro atoms. The first-order valence-electron chi connectivity index (χ1n) is 11.1. The van der Waals surface area contributed by atoms with Crippen molar-refractivity contribution in [1.29, 1.82) is 0 Å². The molecule has 7 nitrogen and oxygen atoms in total. The number of hydrogen-bond acceptors (Lipinski definition) is 5. The lowest BCUT2D eigenvalue weighted by molar-refractivity contribution is -0.153. The van der Waals surface area contributed by atoms with Crippen molar-refractivity contribution in [2.24, 2.45) is 0 Å². The van der Waals surface area contributed by atoms with Crippen molar-refractivity contribution in [3.05, 3.63) is 59.9 Å². The second kappa shape index (κ2) is 11.4. The Morgan fingerprint density at radius 1 is 1.03 bits per heavy atom. The van der Waals surface area contributed by atoms with E-state index in [-0.39, 0.29) is 17.0 Å². The Labute approximate surface area is 194 Å². The van der Waals surface area contributed by atoms with Crippen LogP contribution < -0.4 is 5.32 Å². The van der Waals surface area contributed by atoms with Gasteiger partial charge in [-0.3, -0.25) is 9.59 Å². The molecule has 178 valence electrons. The van der Waals surface area contributed by atoms with E-state index >= 15 is 0 Å². The average molecular weight is 477 g/mol. The number of halogens is 1. The first-order valence-corrected chi connectivity index (χ1v) is 12.6. The minimum Gasteiger partial charge on any atom is -0.453 e. The number of nitrogens with one attached hydrogen (secondary N) is 1. The van der Waals surface area contributed by atoms with Gasteiger partial charge in [0.2, 0.25) is 10.0 Å². The Morgan fingerprint density at radius 3 is 2.30 bits per heavy atom. The summed E-state index contributed by atoms with van der Waals surface area (Å²) in [6, 6.07) is 12.2. The smallest absolute Gasteiger partial charge is 0.306 e. The molecule has 1 aliphatic heterocycles. The van der Waals surface area contributed by atoms with E-state index in [9.17, 15) is 22.4 Å². The highest BCUT2D eigenvalue weighted by atomic mass is 32.2. The molecule has 1 heterocycles. The monoisotopic (exact) mass is 476 g/mol. The van der Waals surface area contributed by atoms with Crippen LogP contribution in [0.3, 0.4) is 0 Å². The fourth-order valence-electron chi connectivity index (χ4n) is 3.61. The zero-order chi connectivity index (χ0) is 23.8. The first kappa shape index (κ1) is 24.9. The van der Waals surface area contributed by atoms with Crippen LogP contribution in [0.1, 0.15) is 44.6 Å². The Morgan fingerprint density at radius 2 is 1.67 bits per heavy atom. The minimum atomic E-state index is -3.52. The molecule has 1 saturated heterocycles. The maximum Gasteiger partial charge on any atom is 0.306 e. The summed E-state index contributed by atoms with van der Waals surface area (Å²) in [5, 5.41) is 2.39. The summed E-state index contributed by atoms with van der Waals surface area (Å²) in [6.07, 6.45) is 3.11. The van der Waals surface area contributed by atoms with Crippen LogP contribution in [0.4, 0.5) is 10.1 Å². The fraction of sp³-hybridized carbons (Fsp3) is 0.417. The van der Waals surface area contributed by atoms with E-state index in [4.69, 9.17) is 4.74 Å². The van der Waals surface area contributed by atoms with E-state index in [2.05, 4.69) is 5.32 Å². The summed E-state index contributed by atoms with van der Waals surface area (Å²) >= 11 is 0. The van der Waals surface area contributed by atoms with Gasteiger partial charge in [0.1, 0.15) is 5.82 Å². The number of esters is 1. The van der Waals surface area contributed by atoms with Crippen LogP contribution in [-0.2, 0) is 30.8 Å². The molecular formula is C24H29FN2O5S. The highest BCUT2D eigenvalue weighted by molar-refractivity contribution is 7.89. The molecule has 1 aliphatic rings. The van der Waals surface area contributed by atoms with Crippen molar-refractivity contribution in [2.75, 3.05) is 18.4 Å². The molecule has 33 heavy (non-hydrogen) atoms. The molecule has 1 atom stereocenters.